The first-order chi connectivity index (χ1) is 13.9. The van der Waals surface area contributed by atoms with Crippen molar-refractivity contribution in [2.45, 2.75) is 57.3 Å². The Balaban J connectivity index is 1.59. The predicted octanol–water partition coefficient (Wildman–Crippen LogP) is 4.44. The Labute approximate surface area is 174 Å². The standard InChI is InChI=1S/C23H30N2O3S/c1-18-8-7-9-19(2)23(18)24-22(26)15-12-20-10-13-21(14-11-20)29(27,28)25-16-5-3-4-6-17-25/h7-11,13-14H,3-6,12,15-17H2,1-2H3,(H,24,26). The van der Waals surface area contributed by atoms with Crippen molar-refractivity contribution < 1.29 is 13.2 Å². The quantitative estimate of drug-likeness (QED) is 0.760. The molecule has 1 amide bonds. The van der Waals surface area contributed by atoms with Crippen LogP contribution in [-0.4, -0.2) is 31.7 Å². The number of nitrogens with one attached hydrogen (secondary N) is 1. The van der Waals surface area contributed by atoms with Crippen LogP contribution in [0.3, 0.4) is 0 Å². The lowest BCUT2D eigenvalue weighted by Crippen LogP contribution is -2.31. The summed E-state index contributed by atoms with van der Waals surface area (Å²) in [5.74, 6) is -0.0383. The Hall–Kier alpha value is -2.18. The van der Waals surface area contributed by atoms with E-state index in [4.69, 9.17) is 0 Å². The number of aryl methyl sites for hydroxylation is 3. The van der Waals surface area contributed by atoms with Gasteiger partial charge in [0.2, 0.25) is 15.9 Å². The monoisotopic (exact) mass is 414 g/mol. The van der Waals surface area contributed by atoms with E-state index in [1.807, 2.05) is 44.2 Å². The largest absolute Gasteiger partial charge is 0.326 e. The number of amides is 1. The van der Waals surface area contributed by atoms with Gasteiger partial charge in [0.05, 0.1) is 4.90 Å². The predicted molar refractivity (Wildman–Crippen MR) is 117 cm³/mol. The third kappa shape index (κ3) is 5.46. The van der Waals surface area contributed by atoms with Gasteiger partial charge >= 0.3 is 0 Å². The summed E-state index contributed by atoms with van der Waals surface area (Å²) in [6.07, 6.45) is 4.95. The topological polar surface area (TPSA) is 66.5 Å². The minimum absolute atomic E-state index is 0.0383. The fourth-order valence-corrected chi connectivity index (χ4v) is 5.25. The molecule has 0 spiro atoms. The molecule has 3 rings (SSSR count). The van der Waals surface area contributed by atoms with Gasteiger partial charge in [0.15, 0.2) is 0 Å². The Morgan fingerprint density at radius 1 is 0.931 bits per heavy atom. The molecule has 0 radical (unpaired) electrons. The molecule has 6 heteroatoms. The summed E-state index contributed by atoms with van der Waals surface area (Å²) in [5.41, 5.74) is 3.91. The van der Waals surface area contributed by atoms with E-state index in [1.165, 1.54) is 0 Å². The first-order valence-electron chi connectivity index (χ1n) is 10.3. The summed E-state index contributed by atoms with van der Waals surface area (Å²) in [6.45, 7) is 5.16. The van der Waals surface area contributed by atoms with Crippen LogP contribution < -0.4 is 5.32 Å². The lowest BCUT2D eigenvalue weighted by atomic mass is 10.1. The minimum Gasteiger partial charge on any atom is -0.326 e. The van der Waals surface area contributed by atoms with Crippen molar-refractivity contribution in [1.29, 1.82) is 0 Å². The van der Waals surface area contributed by atoms with Gasteiger partial charge in [-0.05, 0) is 61.9 Å². The normalized spacial score (nSPS) is 15.7. The molecule has 1 aliphatic heterocycles. The molecule has 2 aromatic carbocycles. The maximum absolute atomic E-state index is 12.8. The van der Waals surface area contributed by atoms with Crippen molar-refractivity contribution in [2.24, 2.45) is 0 Å². The fraction of sp³-hybridized carbons (Fsp3) is 0.435. The number of hydrogen-bond donors (Lipinski definition) is 1. The van der Waals surface area contributed by atoms with Gasteiger partial charge in [-0.1, -0.05) is 43.2 Å². The molecule has 1 fully saturated rings. The van der Waals surface area contributed by atoms with Crippen molar-refractivity contribution in [3.63, 3.8) is 0 Å². The first kappa shape index (κ1) is 21.5. The molecule has 1 N–H and O–H groups in total. The van der Waals surface area contributed by atoms with Crippen LogP contribution >= 0.6 is 0 Å². The summed E-state index contributed by atoms with van der Waals surface area (Å²) < 4.78 is 27.3. The number of sulfonamides is 1. The van der Waals surface area contributed by atoms with Gasteiger partial charge in [-0.3, -0.25) is 4.79 Å². The van der Waals surface area contributed by atoms with Gasteiger partial charge in [-0.15, -0.1) is 0 Å². The van der Waals surface area contributed by atoms with Gasteiger partial charge < -0.3 is 5.32 Å². The Morgan fingerprint density at radius 3 is 2.10 bits per heavy atom. The number of benzene rings is 2. The number of rotatable bonds is 6. The highest BCUT2D eigenvalue weighted by atomic mass is 32.2. The van der Waals surface area contributed by atoms with Gasteiger partial charge in [0.1, 0.15) is 0 Å². The molecule has 0 aromatic heterocycles. The van der Waals surface area contributed by atoms with E-state index >= 15 is 0 Å². The molecule has 2 aromatic rings. The summed E-state index contributed by atoms with van der Waals surface area (Å²) in [6, 6.07) is 12.9. The number of carbonyl (C=O) groups is 1. The third-order valence-electron chi connectivity index (χ3n) is 5.51. The van der Waals surface area contributed by atoms with E-state index in [0.29, 0.717) is 30.8 Å². The molecule has 1 aliphatic rings. The molecule has 29 heavy (non-hydrogen) atoms. The molecule has 156 valence electrons. The van der Waals surface area contributed by atoms with Crippen LogP contribution in [0.15, 0.2) is 47.4 Å². The van der Waals surface area contributed by atoms with Crippen molar-refractivity contribution in [2.75, 3.05) is 18.4 Å². The van der Waals surface area contributed by atoms with Gasteiger partial charge in [-0.2, -0.15) is 4.31 Å². The molecule has 0 atom stereocenters. The van der Waals surface area contributed by atoms with Gasteiger partial charge in [0.25, 0.3) is 0 Å². The van der Waals surface area contributed by atoms with E-state index < -0.39 is 10.0 Å². The average molecular weight is 415 g/mol. The zero-order chi connectivity index (χ0) is 20.9. The van der Waals surface area contributed by atoms with Crippen LogP contribution in [0.2, 0.25) is 0 Å². The van der Waals surface area contributed by atoms with Crippen molar-refractivity contribution in [1.82, 2.24) is 4.31 Å². The number of anilines is 1. The van der Waals surface area contributed by atoms with Crippen molar-refractivity contribution in [3.05, 3.63) is 59.2 Å². The third-order valence-corrected chi connectivity index (χ3v) is 7.43. The van der Waals surface area contributed by atoms with Crippen LogP contribution in [0.1, 0.15) is 48.8 Å². The smallest absolute Gasteiger partial charge is 0.243 e. The summed E-state index contributed by atoms with van der Waals surface area (Å²) in [7, 11) is -3.43. The molecule has 0 saturated carbocycles. The SMILES string of the molecule is Cc1cccc(C)c1NC(=O)CCc1ccc(S(=O)(=O)N2CCCCCC2)cc1. The molecule has 5 nitrogen and oxygen atoms in total. The second-order valence-electron chi connectivity index (χ2n) is 7.78. The summed E-state index contributed by atoms with van der Waals surface area (Å²) in [4.78, 5) is 12.7. The zero-order valence-corrected chi connectivity index (χ0v) is 18.1. The molecular weight excluding hydrogens is 384 g/mol. The van der Waals surface area contributed by atoms with E-state index in [1.54, 1.807) is 16.4 Å². The van der Waals surface area contributed by atoms with E-state index in [9.17, 15) is 13.2 Å². The molecule has 0 unspecified atom stereocenters. The number of carbonyl (C=O) groups excluding carboxylic acids is 1. The summed E-state index contributed by atoms with van der Waals surface area (Å²) >= 11 is 0. The fourth-order valence-electron chi connectivity index (χ4n) is 3.73. The summed E-state index contributed by atoms with van der Waals surface area (Å²) in [5, 5.41) is 2.99. The van der Waals surface area contributed by atoms with Crippen molar-refractivity contribution >= 4 is 21.6 Å². The van der Waals surface area contributed by atoms with Gasteiger partial charge in [-0.25, -0.2) is 8.42 Å². The molecule has 0 aliphatic carbocycles. The Bertz CT molecular complexity index is 924. The van der Waals surface area contributed by atoms with Crippen molar-refractivity contribution in [3.8, 4) is 0 Å². The molecular formula is C23H30N2O3S. The van der Waals surface area contributed by atoms with E-state index in [-0.39, 0.29) is 5.91 Å². The van der Waals surface area contributed by atoms with E-state index in [2.05, 4.69) is 5.32 Å². The van der Waals surface area contributed by atoms with Crippen LogP contribution in [0, 0.1) is 13.8 Å². The second kappa shape index (κ2) is 9.55. The molecule has 0 bridgehead atoms. The Kier molecular flexibility index (Phi) is 7.09. The van der Waals surface area contributed by atoms with E-state index in [0.717, 1.165) is 48.1 Å². The zero-order valence-electron chi connectivity index (χ0n) is 17.3. The van der Waals surface area contributed by atoms with Crippen LogP contribution in [0.5, 0.6) is 0 Å². The lowest BCUT2D eigenvalue weighted by Gasteiger charge is -2.20. The van der Waals surface area contributed by atoms with Crippen LogP contribution in [0.4, 0.5) is 5.69 Å². The highest BCUT2D eigenvalue weighted by Crippen LogP contribution is 2.22. The maximum atomic E-state index is 12.8. The number of nitrogens with zero attached hydrogens (tertiary/aromatic N) is 1. The number of para-hydroxylation sites is 1. The van der Waals surface area contributed by atoms with Gasteiger partial charge in [0, 0.05) is 25.2 Å². The maximum Gasteiger partial charge on any atom is 0.243 e. The average Bonchev–Trinajstić information content (AvgIpc) is 3.00. The Morgan fingerprint density at radius 2 is 1.52 bits per heavy atom. The highest BCUT2D eigenvalue weighted by molar-refractivity contribution is 7.89. The molecule has 1 saturated heterocycles. The number of hydrogen-bond acceptors (Lipinski definition) is 3. The van der Waals surface area contributed by atoms with Crippen LogP contribution in [0.25, 0.3) is 0 Å². The minimum atomic E-state index is -3.43. The lowest BCUT2D eigenvalue weighted by molar-refractivity contribution is -0.116. The molecule has 1 heterocycles. The first-order valence-corrected chi connectivity index (χ1v) is 11.8. The van der Waals surface area contributed by atoms with Crippen LogP contribution in [-0.2, 0) is 21.2 Å². The second-order valence-corrected chi connectivity index (χ2v) is 9.72. The highest BCUT2D eigenvalue weighted by Gasteiger charge is 2.24.